The van der Waals surface area contributed by atoms with E-state index in [1.165, 1.54) is 18.2 Å². The average Bonchev–Trinajstić information content (AvgIpc) is 2.78. The van der Waals surface area contributed by atoms with Crippen molar-refractivity contribution >= 4 is 16.7 Å². The number of hydrogen-bond donors (Lipinski definition) is 2. The SMILES string of the molecule is Nc1c(F)cccc1-c1nc2c(F)cccc2[nH]1. The van der Waals surface area contributed by atoms with E-state index in [-0.39, 0.29) is 11.2 Å². The van der Waals surface area contributed by atoms with Crippen LogP contribution in [0.4, 0.5) is 14.5 Å². The van der Waals surface area contributed by atoms with Gasteiger partial charge in [0.15, 0.2) is 5.82 Å². The first kappa shape index (κ1) is 10.7. The Labute approximate surface area is 101 Å². The maximum Gasteiger partial charge on any atom is 0.151 e. The number of nitrogen functional groups attached to an aromatic ring is 1. The normalized spacial score (nSPS) is 11.0. The Hall–Kier alpha value is -2.43. The standard InChI is InChI=1S/C13H9F2N3/c14-8-4-1-3-7(11(8)16)13-17-10-6-2-5-9(15)12(10)18-13/h1-6H,16H2,(H,17,18). The highest BCUT2D eigenvalue weighted by atomic mass is 19.1. The fraction of sp³-hybridized carbons (Fsp3) is 0. The molecule has 0 aliphatic carbocycles. The van der Waals surface area contributed by atoms with Gasteiger partial charge >= 0.3 is 0 Å². The fourth-order valence-electron chi connectivity index (χ4n) is 1.87. The molecule has 3 rings (SSSR count). The molecule has 2 aromatic carbocycles. The zero-order chi connectivity index (χ0) is 12.7. The lowest BCUT2D eigenvalue weighted by atomic mass is 10.1. The Morgan fingerprint density at radius 3 is 2.50 bits per heavy atom. The molecule has 0 aliphatic rings. The molecular weight excluding hydrogens is 236 g/mol. The Morgan fingerprint density at radius 2 is 1.72 bits per heavy atom. The number of anilines is 1. The van der Waals surface area contributed by atoms with Crippen molar-refractivity contribution in [1.82, 2.24) is 9.97 Å². The van der Waals surface area contributed by atoms with E-state index < -0.39 is 11.6 Å². The topological polar surface area (TPSA) is 54.7 Å². The smallest absolute Gasteiger partial charge is 0.151 e. The maximum atomic E-state index is 13.5. The number of aromatic amines is 1. The highest BCUT2D eigenvalue weighted by Gasteiger charge is 2.12. The van der Waals surface area contributed by atoms with Crippen molar-refractivity contribution in [1.29, 1.82) is 0 Å². The Balaban J connectivity index is 2.26. The third-order valence-electron chi connectivity index (χ3n) is 2.77. The van der Waals surface area contributed by atoms with E-state index in [0.717, 1.165) is 0 Å². The van der Waals surface area contributed by atoms with E-state index >= 15 is 0 Å². The van der Waals surface area contributed by atoms with E-state index in [2.05, 4.69) is 9.97 Å². The first-order valence-electron chi connectivity index (χ1n) is 5.35. The van der Waals surface area contributed by atoms with Crippen molar-refractivity contribution in [2.75, 3.05) is 5.73 Å². The summed E-state index contributed by atoms with van der Waals surface area (Å²) in [5.41, 5.74) is 6.83. The third-order valence-corrected chi connectivity index (χ3v) is 2.77. The van der Waals surface area contributed by atoms with Gasteiger partial charge in [-0.15, -0.1) is 0 Å². The van der Waals surface area contributed by atoms with Gasteiger partial charge < -0.3 is 10.7 Å². The van der Waals surface area contributed by atoms with Gasteiger partial charge in [0.25, 0.3) is 0 Å². The highest BCUT2D eigenvalue weighted by Crippen LogP contribution is 2.28. The second-order valence-electron chi connectivity index (χ2n) is 3.92. The molecular formula is C13H9F2N3. The Bertz CT molecular complexity index is 734. The Morgan fingerprint density at radius 1 is 1.00 bits per heavy atom. The van der Waals surface area contributed by atoms with Gasteiger partial charge in [-0.1, -0.05) is 12.1 Å². The summed E-state index contributed by atoms with van der Waals surface area (Å²) >= 11 is 0. The molecule has 1 aromatic heterocycles. The van der Waals surface area contributed by atoms with Gasteiger partial charge in [0.1, 0.15) is 17.2 Å². The molecule has 0 fully saturated rings. The second-order valence-corrected chi connectivity index (χ2v) is 3.92. The van der Waals surface area contributed by atoms with Crippen LogP contribution in [0.25, 0.3) is 22.4 Å². The molecule has 0 radical (unpaired) electrons. The number of halogens is 2. The highest BCUT2D eigenvalue weighted by molar-refractivity contribution is 5.82. The second kappa shape index (κ2) is 3.80. The zero-order valence-corrected chi connectivity index (χ0v) is 9.24. The number of hydrogen-bond acceptors (Lipinski definition) is 2. The minimum absolute atomic E-state index is 0.00281. The Kier molecular flexibility index (Phi) is 2.26. The molecule has 0 amide bonds. The molecule has 0 bridgehead atoms. The first-order chi connectivity index (χ1) is 8.66. The number of para-hydroxylation sites is 2. The summed E-state index contributed by atoms with van der Waals surface area (Å²) in [4.78, 5) is 7.03. The van der Waals surface area contributed by atoms with E-state index in [0.29, 0.717) is 16.9 Å². The van der Waals surface area contributed by atoms with Gasteiger partial charge in [0.2, 0.25) is 0 Å². The van der Waals surface area contributed by atoms with Crippen LogP contribution in [0.15, 0.2) is 36.4 Å². The number of nitrogens with two attached hydrogens (primary N) is 1. The summed E-state index contributed by atoms with van der Waals surface area (Å²) in [6.45, 7) is 0. The average molecular weight is 245 g/mol. The lowest BCUT2D eigenvalue weighted by Crippen LogP contribution is -1.94. The van der Waals surface area contributed by atoms with Crippen LogP contribution in [0.5, 0.6) is 0 Å². The summed E-state index contributed by atoms with van der Waals surface area (Å²) in [6.07, 6.45) is 0. The number of fused-ring (bicyclic) bond motifs is 1. The lowest BCUT2D eigenvalue weighted by Gasteiger charge is -2.02. The van der Waals surface area contributed by atoms with Crippen LogP contribution in [-0.4, -0.2) is 9.97 Å². The van der Waals surface area contributed by atoms with Gasteiger partial charge in [-0.25, -0.2) is 13.8 Å². The quantitative estimate of drug-likeness (QED) is 0.647. The van der Waals surface area contributed by atoms with E-state index in [1.807, 2.05) is 0 Å². The molecule has 0 saturated heterocycles. The monoisotopic (exact) mass is 245 g/mol. The number of benzene rings is 2. The summed E-state index contributed by atoms with van der Waals surface area (Å²) in [7, 11) is 0. The van der Waals surface area contributed by atoms with Gasteiger partial charge in [-0.3, -0.25) is 0 Å². The molecule has 90 valence electrons. The molecule has 0 spiro atoms. The number of H-pyrrole nitrogens is 1. The molecule has 0 atom stereocenters. The van der Waals surface area contributed by atoms with Crippen molar-refractivity contribution in [2.45, 2.75) is 0 Å². The van der Waals surface area contributed by atoms with Crippen molar-refractivity contribution in [3.63, 3.8) is 0 Å². The predicted octanol–water partition coefficient (Wildman–Crippen LogP) is 3.09. The molecule has 0 aliphatic heterocycles. The first-order valence-corrected chi connectivity index (χ1v) is 5.35. The molecule has 3 nitrogen and oxygen atoms in total. The summed E-state index contributed by atoms with van der Waals surface area (Å²) in [5, 5.41) is 0. The minimum Gasteiger partial charge on any atom is -0.396 e. The van der Waals surface area contributed by atoms with Crippen molar-refractivity contribution in [2.24, 2.45) is 0 Å². The lowest BCUT2D eigenvalue weighted by molar-refractivity contribution is 0.633. The fourth-order valence-corrected chi connectivity index (χ4v) is 1.87. The van der Waals surface area contributed by atoms with Crippen molar-refractivity contribution in [3.8, 4) is 11.4 Å². The summed E-state index contributed by atoms with van der Waals surface area (Å²) in [5.74, 6) is -0.592. The zero-order valence-electron chi connectivity index (χ0n) is 9.24. The van der Waals surface area contributed by atoms with E-state index in [1.54, 1.807) is 18.2 Å². The van der Waals surface area contributed by atoms with E-state index in [9.17, 15) is 8.78 Å². The van der Waals surface area contributed by atoms with Crippen LogP contribution < -0.4 is 5.73 Å². The number of nitrogens with one attached hydrogen (secondary N) is 1. The van der Waals surface area contributed by atoms with Gasteiger partial charge in [-0.05, 0) is 24.3 Å². The van der Waals surface area contributed by atoms with Crippen LogP contribution in [0.2, 0.25) is 0 Å². The van der Waals surface area contributed by atoms with Crippen LogP contribution in [0, 0.1) is 11.6 Å². The predicted molar refractivity (Wildman–Crippen MR) is 65.9 cm³/mol. The minimum atomic E-state index is -0.520. The summed E-state index contributed by atoms with van der Waals surface area (Å²) < 4.78 is 26.9. The van der Waals surface area contributed by atoms with Crippen LogP contribution in [-0.2, 0) is 0 Å². The number of nitrogens with zero attached hydrogens (tertiary/aromatic N) is 1. The molecule has 3 N–H and O–H groups in total. The van der Waals surface area contributed by atoms with Crippen LogP contribution >= 0.6 is 0 Å². The van der Waals surface area contributed by atoms with Crippen LogP contribution in [0.3, 0.4) is 0 Å². The summed E-state index contributed by atoms with van der Waals surface area (Å²) in [6, 6.07) is 9.03. The van der Waals surface area contributed by atoms with Crippen molar-refractivity contribution < 1.29 is 8.78 Å². The molecule has 0 saturated carbocycles. The van der Waals surface area contributed by atoms with Crippen LogP contribution in [0.1, 0.15) is 0 Å². The van der Waals surface area contributed by atoms with Gasteiger partial charge in [0.05, 0.1) is 11.2 Å². The molecule has 18 heavy (non-hydrogen) atoms. The third kappa shape index (κ3) is 1.52. The molecule has 3 aromatic rings. The van der Waals surface area contributed by atoms with Gasteiger partial charge in [0, 0.05) is 5.56 Å². The molecule has 1 heterocycles. The number of imidazole rings is 1. The van der Waals surface area contributed by atoms with Gasteiger partial charge in [-0.2, -0.15) is 0 Å². The largest absolute Gasteiger partial charge is 0.396 e. The number of aromatic nitrogens is 2. The number of rotatable bonds is 1. The van der Waals surface area contributed by atoms with E-state index in [4.69, 9.17) is 5.73 Å². The maximum absolute atomic E-state index is 13.5. The molecule has 0 unspecified atom stereocenters. The van der Waals surface area contributed by atoms with Crippen molar-refractivity contribution in [3.05, 3.63) is 48.0 Å². The molecule has 5 heteroatoms.